The van der Waals surface area contributed by atoms with Crippen LogP contribution in [0, 0.1) is 0 Å². The lowest BCUT2D eigenvalue weighted by Gasteiger charge is -2.27. The minimum absolute atomic E-state index is 0.219. The van der Waals surface area contributed by atoms with Crippen molar-refractivity contribution in [1.29, 1.82) is 0 Å². The zero-order chi connectivity index (χ0) is 12.5. The summed E-state index contributed by atoms with van der Waals surface area (Å²) >= 11 is 0. The molecule has 2 N–H and O–H groups in total. The molecule has 18 heavy (non-hydrogen) atoms. The SMILES string of the molecule is COCCN1CCC(N)C1c1cncn1C1CC1. The topological polar surface area (TPSA) is 56.3 Å². The maximum atomic E-state index is 6.30. The quantitative estimate of drug-likeness (QED) is 0.845. The van der Waals surface area contributed by atoms with Gasteiger partial charge in [0.2, 0.25) is 0 Å². The first-order valence-corrected chi connectivity index (χ1v) is 6.81. The van der Waals surface area contributed by atoms with Crippen molar-refractivity contribution in [3.8, 4) is 0 Å². The Morgan fingerprint density at radius 2 is 2.28 bits per heavy atom. The molecular formula is C13H22N4O. The van der Waals surface area contributed by atoms with E-state index in [1.807, 2.05) is 12.5 Å². The number of aromatic nitrogens is 2. The van der Waals surface area contributed by atoms with Crippen molar-refractivity contribution >= 4 is 0 Å². The van der Waals surface area contributed by atoms with Gasteiger partial charge in [0.25, 0.3) is 0 Å². The Hall–Kier alpha value is -0.910. The first kappa shape index (κ1) is 12.1. The van der Waals surface area contributed by atoms with Gasteiger partial charge in [-0.15, -0.1) is 0 Å². The number of imidazole rings is 1. The Bertz CT molecular complexity index is 401. The molecule has 2 fully saturated rings. The van der Waals surface area contributed by atoms with Gasteiger partial charge in [-0.2, -0.15) is 0 Å². The summed E-state index contributed by atoms with van der Waals surface area (Å²) in [6, 6.07) is 1.19. The van der Waals surface area contributed by atoms with Gasteiger partial charge < -0.3 is 15.0 Å². The third kappa shape index (κ3) is 2.18. The molecule has 1 aromatic heterocycles. The molecule has 2 atom stereocenters. The summed E-state index contributed by atoms with van der Waals surface area (Å²) in [4.78, 5) is 6.76. The summed E-state index contributed by atoms with van der Waals surface area (Å²) in [5, 5.41) is 0. The Balaban J connectivity index is 1.80. The predicted molar refractivity (Wildman–Crippen MR) is 69.3 cm³/mol. The second-order valence-corrected chi connectivity index (χ2v) is 5.38. The summed E-state index contributed by atoms with van der Waals surface area (Å²) in [5.74, 6) is 0. The number of methoxy groups -OCH3 is 1. The minimum atomic E-state index is 0.219. The maximum Gasteiger partial charge on any atom is 0.0951 e. The van der Waals surface area contributed by atoms with E-state index in [4.69, 9.17) is 10.5 Å². The van der Waals surface area contributed by atoms with Crippen molar-refractivity contribution in [3.63, 3.8) is 0 Å². The van der Waals surface area contributed by atoms with Gasteiger partial charge in [0.1, 0.15) is 0 Å². The normalized spacial score (nSPS) is 29.0. The average molecular weight is 250 g/mol. The molecule has 5 nitrogen and oxygen atoms in total. The molecule has 0 amide bonds. The smallest absolute Gasteiger partial charge is 0.0951 e. The number of ether oxygens (including phenoxy) is 1. The number of hydrogen-bond acceptors (Lipinski definition) is 4. The Labute approximate surface area is 108 Å². The van der Waals surface area contributed by atoms with Crippen LogP contribution in [-0.4, -0.2) is 47.3 Å². The van der Waals surface area contributed by atoms with Gasteiger partial charge in [-0.25, -0.2) is 4.98 Å². The Morgan fingerprint density at radius 1 is 1.44 bits per heavy atom. The molecule has 1 aromatic rings. The highest BCUT2D eigenvalue weighted by molar-refractivity contribution is 5.14. The highest BCUT2D eigenvalue weighted by atomic mass is 16.5. The largest absolute Gasteiger partial charge is 0.383 e. The van der Waals surface area contributed by atoms with Crippen LogP contribution in [-0.2, 0) is 4.74 Å². The third-order valence-corrected chi connectivity index (χ3v) is 4.07. The van der Waals surface area contributed by atoms with Crippen LogP contribution in [0.2, 0.25) is 0 Å². The second kappa shape index (κ2) is 4.99. The average Bonchev–Trinajstić information content (AvgIpc) is 3.00. The Kier molecular flexibility index (Phi) is 3.37. The zero-order valence-corrected chi connectivity index (χ0v) is 11.0. The van der Waals surface area contributed by atoms with Gasteiger partial charge >= 0.3 is 0 Å². The molecule has 2 heterocycles. The maximum absolute atomic E-state index is 6.30. The summed E-state index contributed by atoms with van der Waals surface area (Å²) < 4.78 is 7.52. The minimum Gasteiger partial charge on any atom is -0.383 e. The van der Waals surface area contributed by atoms with Gasteiger partial charge in [-0.05, 0) is 19.3 Å². The van der Waals surface area contributed by atoms with Gasteiger partial charge in [-0.3, -0.25) is 4.90 Å². The molecule has 1 aliphatic heterocycles. The monoisotopic (exact) mass is 250 g/mol. The number of nitrogens with zero attached hydrogens (tertiary/aromatic N) is 3. The van der Waals surface area contributed by atoms with Gasteiger partial charge in [0, 0.05) is 38.5 Å². The van der Waals surface area contributed by atoms with Crippen LogP contribution in [0.4, 0.5) is 0 Å². The molecule has 2 unspecified atom stereocenters. The molecule has 1 aliphatic carbocycles. The standard InChI is InChI=1S/C13H22N4O/c1-18-7-6-16-5-4-11(14)13(16)12-8-15-9-17(12)10-2-3-10/h8-11,13H,2-7,14H2,1H3. The molecule has 100 valence electrons. The van der Waals surface area contributed by atoms with Crippen LogP contribution in [0.25, 0.3) is 0 Å². The van der Waals surface area contributed by atoms with Crippen LogP contribution >= 0.6 is 0 Å². The Morgan fingerprint density at radius 3 is 3.00 bits per heavy atom. The number of rotatable bonds is 5. The number of likely N-dealkylation sites (tertiary alicyclic amines) is 1. The lowest BCUT2D eigenvalue weighted by Crippen LogP contribution is -2.35. The van der Waals surface area contributed by atoms with Gasteiger partial charge in [-0.1, -0.05) is 0 Å². The molecular weight excluding hydrogens is 228 g/mol. The van der Waals surface area contributed by atoms with E-state index in [2.05, 4.69) is 14.5 Å². The van der Waals surface area contributed by atoms with Crippen LogP contribution in [0.3, 0.4) is 0 Å². The fourth-order valence-corrected chi connectivity index (χ4v) is 2.95. The van der Waals surface area contributed by atoms with Crippen molar-refractivity contribution in [3.05, 3.63) is 18.2 Å². The van der Waals surface area contributed by atoms with E-state index >= 15 is 0 Å². The van der Waals surface area contributed by atoms with Crippen LogP contribution < -0.4 is 5.73 Å². The van der Waals surface area contributed by atoms with Crippen LogP contribution in [0.1, 0.15) is 37.0 Å². The lowest BCUT2D eigenvalue weighted by atomic mass is 10.1. The van der Waals surface area contributed by atoms with E-state index in [1.165, 1.54) is 18.5 Å². The van der Waals surface area contributed by atoms with E-state index < -0.39 is 0 Å². The summed E-state index contributed by atoms with van der Waals surface area (Å²) in [7, 11) is 1.75. The van der Waals surface area contributed by atoms with E-state index in [0.717, 1.165) is 26.1 Å². The van der Waals surface area contributed by atoms with Crippen molar-refractivity contribution in [1.82, 2.24) is 14.5 Å². The van der Waals surface area contributed by atoms with Crippen molar-refractivity contribution in [2.75, 3.05) is 26.8 Å². The van der Waals surface area contributed by atoms with Crippen molar-refractivity contribution < 1.29 is 4.74 Å². The van der Waals surface area contributed by atoms with Gasteiger partial charge in [0.05, 0.1) is 24.7 Å². The molecule has 0 aromatic carbocycles. The fraction of sp³-hybridized carbons (Fsp3) is 0.769. The summed E-state index contributed by atoms with van der Waals surface area (Å²) in [5.41, 5.74) is 7.59. The second-order valence-electron chi connectivity index (χ2n) is 5.38. The molecule has 1 saturated heterocycles. The molecule has 2 aliphatic rings. The highest BCUT2D eigenvalue weighted by Crippen LogP contribution is 2.39. The van der Waals surface area contributed by atoms with E-state index in [0.29, 0.717) is 12.1 Å². The number of nitrogens with two attached hydrogens (primary N) is 1. The summed E-state index contributed by atoms with van der Waals surface area (Å²) in [6.07, 6.45) is 7.58. The molecule has 0 radical (unpaired) electrons. The van der Waals surface area contributed by atoms with Crippen molar-refractivity contribution in [2.45, 2.75) is 37.4 Å². The summed E-state index contributed by atoms with van der Waals surface area (Å²) in [6.45, 7) is 2.77. The predicted octanol–water partition coefficient (Wildman–Crippen LogP) is 0.939. The first-order chi connectivity index (χ1) is 8.81. The van der Waals surface area contributed by atoms with E-state index in [-0.39, 0.29) is 6.04 Å². The third-order valence-electron chi connectivity index (χ3n) is 4.07. The molecule has 3 rings (SSSR count). The highest BCUT2D eigenvalue weighted by Gasteiger charge is 2.37. The number of hydrogen-bond donors (Lipinski definition) is 1. The van der Waals surface area contributed by atoms with Crippen LogP contribution in [0.15, 0.2) is 12.5 Å². The first-order valence-electron chi connectivity index (χ1n) is 6.81. The van der Waals surface area contributed by atoms with Crippen LogP contribution in [0.5, 0.6) is 0 Å². The van der Waals surface area contributed by atoms with E-state index in [1.54, 1.807) is 7.11 Å². The van der Waals surface area contributed by atoms with Crippen molar-refractivity contribution in [2.24, 2.45) is 5.73 Å². The molecule has 0 bridgehead atoms. The molecule has 1 saturated carbocycles. The van der Waals surface area contributed by atoms with E-state index in [9.17, 15) is 0 Å². The molecule has 5 heteroatoms. The molecule has 0 spiro atoms. The van der Waals surface area contributed by atoms with Gasteiger partial charge in [0.15, 0.2) is 0 Å². The zero-order valence-electron chi connectivity index (χ0n) is 11.0. The fourth-order valence-electron chi connectivity index (χ4n) is 2.95. The lowest BCUT2D eigenvalue weighted by molar-refractivity contribution is 0.136.